The lowest BCUT2D eigenvalue weighted by molar-refractivity contribution is 0.101. The van der Waals surface area contributed by atoms with Crippen molar-refractivity contribution in [2.75, 3.05) is 6.54 Å². The molecule has 0 fully saturated rings. The summed E-state index contributed by atoms with van der Waals surface area (Å²) in [6.07, 6.45) is 2.37. The molecule has 0 radical (unpaired) electrons. The van der Waals surface area contributed by atoms with E-state index in [1.165, 1.54) is 17.6 Å². The molecule has 0 atom stereocenters. The first kappa shape index (κ1) is 14.3. The van der Waals surface area contributed by atoms with Gasteiger partial charge < -0.3 is 15.1 Å². The topological polar surface area (TPSA) is 71.3 Å². The summed E-state index contributed by atoms with van der Waals surface area (Å²) in [4.78, 5) is 24.9. The molecule has 0 aliphatic carbocycles. The third-order valence-corrected chi connectivity index (χ3v) is 3.67. The summed E-state index contributed by atoms with van der Waals surface area (Å²) >= 11 is 1.35. The number of ketones is 1. The van der Waals surface area contributed by atoms with E-state index < -0.39 is 0 Å². The first-order chi connectivity index (χ1) is 9.70. The van der Waals surface area contributed by atoms with Crippen LogP contribution < -0.4 is 10.6 Å². The minimum atomic E-state index is -0.195. The molecule has 2 aromatic heterocycles. The van der Waals surface area contributed by atoms with E-state index in [0.717, 1.165) is 11.3 Å². The highest BCUT2D eigenvalue weighted by Gasteiger charge is 2.14. The van der Waals surface area contributed by atoms with Gasteiger partial charge in [0.05, 0.1) is 17.7 Å². The molecular formula is C14H16N2O3S. The lowest BCUT2D eigenvalue weighted by atomic mass is 10.2. The number of amides is 2. The van der Waals surface area contributed by atoms with Crippen LogP contribution in [-0.2, 0) is 6.54 Å². The molecule has 0 aliphatic heterocycles. The normalized spacial score (nSPS) is 10.2. The lowest BCUT2D eigenvalue weighted by Crippen LogP contribution is -2.35. The number of hydrogen-bond donors (Lipinski definition) is 2. The van der Waals surface area contributed by atoms with Crippen LogP contribution >= 0.6 is 11.3 Å². The largest absolute Gasteiger partial charge is 0.461 e. The molecule has 0 spiro atoms. The van der Waals surface area contributed by atoms with Gasteiger partial charge in [-0.15, -0.1) is 11.3 Å². The second-order valence-electron chi connectivity index (χ2n) is 4.18. The molecule has 0 unspecified atom stereocenters. The highest BCUT2D eigenvalue weighted by Crippen LogP contribution is 2.20. The molecule has 6 heteroatoms. The Morgan fingerprint density at radius 1 is 1.25 bits per heavy atom. The van der Waals surface area contributed by atoms with E-state index in [1.54, 1.807) is 18.2 Å². The predicted molar refractivity (Wildman–Crippen MR) is 77.0 cm³/mol. The van der Waals surface area contributed by atoms with E-state index in [0.29, 0.717) is 23.7 Å². The Kier molecular flexibility index (Phi) is 4.95. The quantitative estimate of drug-likeness (QED) is 0.804. The zero-order chi connectivity index (χ0) is 14.4. The smallest absolute Gasteiger partial charge is 0.315 e. The van der Waals surface area contributed by atoms with Gasteiger partial charge >= 0.3 is 6.03 Å². The van der Waals surface area contributed by atoms with Crippen LogP contribution in [0.4, 0.5) is 4.79 Å². The van der Waals surface area contributed by atoms with Gasteiger partial charge in [-0.1, -0.05) is 6.92 Å². The van der Waals surface area contributed by atoms with Crippen molar-refractivity contribution in [1.29, 1.82) is 0 Å². The highest BCUT2D eigenvalue weighted by molar-refractivity contribution is 7.14. The summed E-state index contributed by atoms with van der Waals surface area (Å²) in [6.45, 7) is 3.05. The van der Waals surface area contributed by atoms with Gasteiger partial charge in [-0.05, 0) is 30.7 Å². The number of carbonyl (C=O) groups excluding carboxylic acids is 2. The van der Waals surface area contributed by atoms with Crippen LogP contribution in [0.3, 0.4) is 0 Å². The average Bonchev–Trinajstić information content (AvgIpc) is 3.12. The average molecular weight is 292 g/mol. The number of nitrogens with one attached hydrogen (secondary N) is 2. The maximum Gasteiger partial charge on any atom is 0.315 e. The van der Waals surface area contributed by atoms with E-state index >= 15 is 0 Å². The Labute approximate surface area is 121 Å². The van der Waals surface area contributed by atoms with E-state index in [4.69, 9.17) is 4.42 Å². The summed E-state index contributed by atoms with van der Waals surface area (Å²) in [5.74, 6) is 0.189. The van der Waals surface area contributed by atoms with Gasteiger partial charge in [0.1, 0.15) is 0 Å². The molecule has 0 aliphatic rings. The monoisotopic (exact) mass is 292 g/mol. The molecule has 2 aromatic rings. The van der Waals surface area contributed by atoms with Crippen LogP contribution in [-0.4, -0.2) is 18.4 Å². The first-order valence-electron chi connectivity index (χ1n) is 6.39. The second-order valence-corrected chi connectivity index (χ2v) is 5.35. The highest BCUT2D eigenvalue weighted by atomic mass is 32.1. The Bertz CT molecular complexity index is 575. The van der Waals surface area contributed by atoms with Crippen LogP contribution in [0, 0.1) is 0 Å². The van der Waals surface area contributed by atoms with Crippen LogP contribution in [0.25, 0.3) is 0 Å². The fraction of sp³-hybridized carbons (Fsp3) is 0.286. The molecule has 2 rings (SSSR count). The number of furan rings is 1. The number of carbonyl (C=O) groups is 2. The van der Waals surface area contributed by atoms with Gasteiger partial charge in [0, 0.05) is 11.4 Å². The fourth-order valence-electron chi connectivity index (χ4n) is 1.59. The number of hydrogen-bond acceptors (Lipinski definition) is 4. The molecule has 0 bridgehead atoms. The van der Waals surface area contributed by atoms with Gasteiger partial charge in [-0.25, -0.2) is 4.79 Å². The molecule has 5 nitrogen and oxygen atoms in total. The minimum absolute atomic E-state index is 0.137. The van der Waals surface area contributed by atoms with Crippen LogP contribution in [0.2, 0.25) is 0 Å². The SMILES string of the molecule is CCCNC(=O)NCc1ccc(C(=O)c2ccco2)s1. The Balaban J connectivity index is 1.89. The van der Waals surface area contributed by atoms with Crippen LogP contribution in [0.15, 0.2) is 34.9 Å². The van der Waals surface area contributed by atoms with Crippen molar-refractivity contribution in [2.24, 2.45) is 0 Å². The van der Waals surface area contributed by atoms with Gasteiger partial charge in [-0.3, -0.25) is 4.79 Å². The van der Waals surface area contributed by atoms with Crippen molar-refractivity contribution in [3.63, 3.8) is 0 Å². The standard InChI is InChI=1S/C14H16N2O3S/c1-2-7-15-14(18)16-9-10-5-6-12(20-10)13(17)11-4-3-8-19-11/h3-6,8H,2,7,9H2,1H3,(H2,15,16,18). The fourth-order valence-corrected chi connectivity index (χ4v) is 2.48. The van der Waals surface area contributed by atoms with Crippen LogP contribution in [0.1, 0.15) is 33.7 Å². The van der Waals surface area contributed by atoms with Crippen molar-refractivity contribution >= 4 is 23.2 Å². The molecule has 0 saturated heterocycles. The second kappa shape index (κ2) is 6.91. The molecular weight excluding hydrogens is 276 g/mol. The lowest BCUT2D eigenvalue weighted by Gasteiger charge is -2.04. The molecule has 2 amide bonds. The van der Waals surface area contributed by atoms with E-state index in [1.807, 2.05) is 13.0 Å². The van der Waals surface area contributed by atoms with Crippen molar-refractivity contribution in [3.05, 3.63) is 46.0 Å². The van der Waals surface area contributed by atoms with E-state index in [9.17, 15) is 9.59 Å². The van der Waals surface area contributed by atoms with Gasteiger partial charge in [-0.2, -0.15) is 0 Å². The Morgan fingerprint density at radius 3 is 2.80 bits per heavy atom. The summed E-state index contributed by atoms with van der Waals surface area (Å²) < 4.78 is 5.08. The summed E-state index contributed by atoms with van der Waals surface area (Å²) in [5.41, 5.74) is 0. The Morgan fingerprint density at radius 2 is 2.10 bits per heavy atom. The molecule has 0 saturated carbocycles. The Hall–Kier alpha value is -2.08. The molecule has 106 valence electrons. The number of thiophene rings is 1. The van der Waals surface area contributed by atoms with Gasteiger partial charge in [0.2, 0.25) is 5.78 Å². The molecule has 20 heavy (non-hydrogen) atoms. The predicted octanol–water partition coefficient (Wildman–Crippen LogP) is 2.78. The maximum absolute atomic E-state index is 12.0. The minimum Gasteiger partial charge on any atom is -0.461 e. The van der Waals surface area contributed by atoms with Crippen molar-refractivity contribution in [1.82, 2.24) is 10.6 Å². The van der Waals surface area contributed by atoms with Crippen molar-refractivity contribution in [2.45, 2.75) is 19.9 Å². The van der Waals surface area contributed by atoms with Crippen LogP contribution in [0.5, 0.6) is 0 Å². The molecule has 2 heterocycles. The molecule has 0 aromatic carbocycles. The summed E-state index contributed by atoms with van der Waals surface area (Å²) in [5, 5.41) is 5.47. The maximum atomic E-state index is 12.0. The van der Waals surface area contributed by atoms with Gasteiger partial charge in [0.15, 0.2) is 5.76 Å². The van der Waals surface area contributed by atoms with Crippen molar-refractivity contribution in [3.8, 4) is 0 Å². The summed E-state index contributed by atoms with van der Waals surface area (Å²) in [7, 11) is 0. The number of urea groups is 1. The third kappa shape index (κ3) is 3.71. The van der Waals surface area contributed by atoms with E-state index in [-0.39, 0.29) is 11.8 Å². The molecule has 2 N–H and O–H groups in total. The zero-order valence-electron chi connectivity index (χ0n) is 11.1. The first-order valence-corrected chi connectivity index (χ1v) is 7.21. The van der Waals surface area contributed by atoms with E-state index in [2.05, 4.69) is 10.6 Å². The number of rotatable bonds is 6. The van der Waals surface area contributed by atoms with Crippen molar-refractivity contribution < 1.29 is 14.0 Å². The zero-order valence-corrected chi connectivity index (χ0v) is 12.0. The summed E-state index contributed by atoms with van der Waals surface area (Å²) in [6, 6.07) is 6.70. The third-order valence-electron chi connectivity index (χ3n) is 2.59. The van der Waals surface area contributed by atoms with Gasteiger partial charge in [0.25, 0.3) is 0 Å².